The molecular formula is C18H24BrN3O2. The first-order valence-electron chi connectivity index (χ1n) is 8.58. The lowest BCUT2D eigenvalue weighted by molar-refractivity contribution is -0.137. The van der Waals surface area contributed by atoms with Gasteiger partial charge in [-0.25, -0.2) is 0 Å². The number of carbonyl (C=O) groups is 2. The molecule has 0 saturated carbocycles. The lowest BCUT2D eigenvalue weighted by Gasteiger charge is -2.34. The summed E-state index contributed by atoms with van der Waals surface area (Å²) in [4.78, 5) is 29.0. The summed E-state index contributed by atoms with van der Waals surface area (Å²) in [5, 5.41) is 3.20. The van der Waals surface area contributed by atoms with Crippen LogP contribution >= 0.6 is 15.9 Å². The monoisotopic (exact) mass is 393 g/mol. The van der Waals surface area contributed by atoms with Crippen LogP contribution in [0.3, 0.4) is 0 Å². The molecule has 2 atom stereocenters. The molecule has 0 aromatic heterocycles. The maximum absolute atomic E-state index is 12.9. The minimum atomic E-state index is -0.224. The maximum atomic E-state index is 12.9. The molecule has 5 nitrogen and oxygen atoms in total. The third-order valence-electron chi connectivity index (χ3n) is 4.94. The van der Waals surface area contributed by atoms with Gasteiger partial charge >= 0.3 is 0 Å². The first kappa shape index (κ1) is 17.4. The molecule has 1 aromatic carbocycles. The van der Waals surface area contributed by atoms with E-state index in [0.717, 1.165) is 42.6 Å². The topological polar surface area (TPSA) is 52.7 Å². The van der Waals surface area contributed by atoms with Crippen LogP contribution in [-0.2, 0) is 9.59 Å². The summed E-state index contributed by atoms with van der Waals surface area (Å²) in [5.74, 6) is 0.463. The molecule has 0 radical (unpaired) electrons. The van der Waals surface area contributed by atoms with E-state index in [9.17, 15) is 9.59 Å². The standard InChI is InChI=1S/C18H24BrN3O2/c1-20-10-13-5-4-8-21(11-13)18(24)14-9-17(23)22(12-14)16-7-3-2-6-15(16)19/h2-3,6-7,13-14,20H,4-5,8-12H2,1H3. The second-order valence-corrected chi connectivity index (χ2v) is 7.56. The molecular weight excluding hydrogens is 370 g/mol. The van der Waals surface area contributed by atoms with Gasteiger partial charge in [-0.1, -0.05) is 12.1 Å². The van der Waals surface area contributed by atoms with Crippen LogP contribution in [0, 0.1) is 11.8 Å². The second-order valence-electron chi connectivity index (χ2n) is 6.71. The van der Waals surface area contributed by atoms with Crippen molar-refractivity contribution in [1.29, 1.82) is 0 Å². The highest BCUT2D eigenvalue weighted by Gasteiger charge is 2.38. The number of nitrogens with one attached hydrogen (secondary N) is 1. The van der Waals surface area contributed by atoms with Crippen LogP contribution in [0.5, 0.6) is 0 Å². The number of para-hydroxylation sites is 1. The van der Waals surface area contributed by atoms with E-state index in [1.165, 1.54) is 0 Å². The van der Waals surface area contributed by atoms with Crippen LogP contribution in [0.15, 0.2) is 28.7 Å². The van der Waals surface area contributed by atoms with E-state index in [4.69, 9.17) is 0 Å². The molecule has 2 unspecified atom stereocenters. The van der Waals surface area contributed by atoms with Crippen molar-refractivity contribution in [2.75, 3.05) is 38.1 Å². The third-order valence-corrected chi connectivity index (χ3v) is 5.61. The molecule has 2 saturated heterocycles. The SMILES string of the molecule is CNCC1CCCN(C(=O)C2CC(=O)N(c3ccccc3Br)C2)C1. The Bertz CT molecular complexity index is 620. The number of halogens is 1. The third kappa shape index (κ3) is 3.64. The maximum Gasteiger partial charge on any atom is 0.228 e. The molecule has 2 amide bonds. The van der Waals surface area contributed by atoms with Crippen LogP contribution in [-0.4, -0.2) is 49.9 Å². The van der Waals surface area contributed by atoms with Gasteiger partial charge in [-0.2, -0.15) is 0 Å². The van der Waals surface area contributed by atoms with Gasteiger partial charge in [0.05, 0.1) is 11.6 Å². The molecule has 130 valence electrons. The summed E-state index contributed by atoms with van der Waals surface area (Å²) < 4.78 is 0.888. The summed E-state index contributed by atoms with van der Waals surface area (Å²) in [6.07, 6.45) is 2.53. The molecule has 0 bridgehead atoms. The predicted octanol–water partition coefficient (Wildman–Crippen LogP) is 2.26. The smallest absolute Gasteiger partial charge is 0.228 e. The molecule has 2 aliphatic heterocycles. The Morgan fingerprint density at radius 1 is 1.33 bits per heavy atom. The Labute approximate surface area is 151 Å². The normalized spacial score (nSPS) is 24.5. The van der Waals surface area contributed by atoms with E-state index in [1.807, 2.05) is 36.2 Å². The molecule has 0 aliphatic carbocycles. The molecule has 24 heavy (non-hydrogen) atoms. The van der Waals surface area contributed by atoms with Crippen molar-refractivity contribution in [3.05, 3.63) is 28.7 Å². The van der Waals surface area contributed by atoms with Gasteiger partial charge in [-0.15, -0.1) is 0 Å². The molecule has 1 N–H and O–H groups in total. The predicted molar refractivity (Wildman–Crippen MR) is 97.8 cm³/mol. The van der Waals surface area contributed by atoms with Crippen LogP contribution in [0.1, 0.15) is 19.3 Å². The van der Waals surface area contributed by atoms with E-state index in [1.54, 1.807) is 4.90 Å². The fourth-order valence-electron chi connectivity index (χ4n) is 3.76. The Morgan fingerprint density at radius 3 is 2.88 bits per heavy atom. The van der Waals surface area contributed by atoms with Crippen molar-refractivity contribution >= 4 is 33.4 Å². The van der Waals surface area contributed by atoms with E-state index in [-0.39, 0.29) is 17.7 Å². The van der Waals surface area contributed by atoms with Gasteiger partial charge in [0.2, 0.25) is 11.8 Å². The van der Waals surface area contributed by atoms with Gasteiger partial charge in [0.25, 0.3) is 0 Å². The number of anilines is 1. The second kappa shape index (κ2) is 7.66. The van der Waals surface area contributed by atoms with Crippen molar-refractivity contribution in [1.82, 2.24) is 10.2 Å². The zero-order chi connectivity index (χ0) is 17.1. The molecule has 2 fully saturated rings. The molecule has 1 aromatic rings. The van der Waals surface area contributed by atoms with E-state index >= 15 is 0 Å². The number of piperidine rings is 1. The Kier molecular flexibility index (Phi) is 5.56. The minimum absolute atomic E-state index is 0.0315. The van der Waals surface area contributed by atoms with Crippen molar-refractivity contribution in [3.63, 3.8) is 0 Å². The minimum Gasteiger partial charge on any atom is -0.342 e. The molecule has 2 heterocycles. The Morgan fingerprint density at radius 2 is 2.12 bits per heavy atom. The highest BCUT2D eigenvalue weighted by molar-refractivity contribution is 9.10. The number of rotatable bonds is 4. The zero-order valence-corrected chi connectivity index (χ0v) is 15.6. The molecule has 2 aliphatic rings. The highest BCUT2D eigenvalue weighted by Crippen LogP contribution is 2.32. The largest absolute Gasteiger partial charge is 0.342 e. The Balaban J connectivity index is 1.67. The van der Waals surface area contributed by atoms with Gasteiger partial charge in [-0.05, 0) is 60.4 Å². The molecule has 0 spiro atoms. The summed E-state index contributed by atoms with van der Waals surface area (Å²) >= 11 is 3.50. The van der Waals surface area contributed by atoms with Gasteiger partial charge in [-0.3, -0.25) is 9.59 Å². The van der Waals surface area contributed by atoms with Crippen LogP contribution < -0.4 is 10.2 Å². The van der Waals surface area contributed by atoms with Gasteiger partial charge in [0.1, 0.15) is 0 Å². The van der Waals surface area contributed by atoms with Gasteiger partial charge < -0.3 is 15.1 Å². The van der Waals surface area contributed by atoms with Crippen LogP contribution in [0.25, 0.3) is 0 Å². The van der Waals surface area contributed by atoms with Crippen LogP contribution in [0.4, 0.5) is 5.69 Å². The number of amides is 2. The number of benzene rings is 1. The summed E-state index contributed by atoms with van der Waals surface area (Å²) in [6.45, 7) is 3.04. The lowest BCUT2D eigenvalue weighted by Crippen LogP contribution is -2.45. The summed E-state index contributed by atoms with van der Waals surface area (Å²) in [6, 6.07) is 7.67. The first-order chi connectivity index (χ1) is 11.6. The summed E-state index contributed by atoms with van der Waals surface area (Å²) in [7, 11) is 1.95. The van der Waals surface area contributed by atoms with Gasteiger partial charge in [0.15, 0.2) is 0 Å². The Hall–Kier alpha value is -1.40. The number of likely N-dealkylation sites (tertiary alicyclic amines) is 1. The van der Waals surface area contributed by atoms with E-state index in [0.29, 0.717) is 18.9 Å². The number of hydrogen-bond donors (Lipinski definition) is 1. The quantitative estimate of drug-likeness (QED) is 0.853. The van der Waals surface area contributed by atoms with Crippen molar-refractivity contribution in [3.8, 4) is 0 Å². The average Bonchev–Trinajstić information content (AvgIpc) is 2.97. The van der Waals surface area contributed by atoms with Crippen molar-refractivity contribution < 1.29 is 9.59 Å². The number of hydrogen-bond acceptors (Lipinski definition) is 3. The van der Waals surface area contributed by atoms with Crippen molar-refractivity contribution in [2.24, 2.45) is 11.8 Å². The van der Waals surface area contributed by atoms with E-state index in [2.05, 4.69) is 21.2 Å². The van der Waals surface area contributed by atoms with Crippen LogP contribution in [0.2, 0.25) is 0 Å². The molecule has 3 rings (SSSR count). The molecule has 6 heteroatoms. The average molecular weight is 394 g/mol. The van der Waals surface area contributed by atoms with Gasteiger partial charge in [0, 0.05) is 30.5 Å². The lowest BCUT2D eigenvalue weighted by atomic mass is 9.96. The summed E-state index contributed by atoms with van der Waals surface area (Å²) in [5.41, 5.74) is 0.851. The fraction of sp³-hybridized carbons (Fsp3) is 0.556. The number of nitrogens with zero attached hydrogens (tertiary/aromatic N) is 2. The number of carbonyl (C=O) groups excluding carboxylic acids is 2. The van der Waals surface area contributed by atoms with Crippen molar-refractivity contribution in [2.45, 2.75) is 19.3 Å². The van der Waals surface area contributed by atoms with E-state index < -0.39 is 0 Å². The first-order valence-corrected chi connectivity index (χ1v) is 9.37. The zero-order valence-electron chi connectivity index (χ0n) is 14.0. The highest BCUT2D eigenvalue weighted by atomic mass is 79.9. The fourth-order valence-corrected chi connectivity index (χ4v) is 4.25.